The molecule has 12 heteroatoms. The van der Waals surface area contributed by atoms with E-state index < -0.39 is 0 Å². The highest BCUT2D eigenvalue weighted by Crippen LogP contribution is 2.25. The predicted molar refractivity (Wildman–Crippen MR) is 136 cm³/mol. The number of morpholine rings is 1. The Hall–Kier alpha value is -2.70. The van der Waals surface area contributed by atoms with Crippen molar-refractivity contribution < 1.29 is 4.74 Å². The molecule has 180 valence electrons. The van der Waals surface area contributed by atoms with Crippen LogP contribution in [0.4, 0.5) is 5.95 Å². The second-order valence-electron chi connectivity index (χ2n) is 7.96. The van der Waals surface area contributed by atoms with Crippen molar-refractivity contribution >= 4 is 40.7 Å². The second-order valence-corrected chi connectivity index (χ2v) is 8.74. The first-order chi connectivity index (χ1) is 16.3. The van der Waals surface area contributed by atoms with E-state index in [1.165, 1.54) is 5.56 Å². The predicted octanol–water partition coefficient (Wildman–Crippen LogP) is 2.32. The van der Waals surface area contributed by atoms with Gasteiger partial charge in [0.2, 0.25) is 5.95 Å². The van der Waals surface area contributed by atoms with Gasteiger partial charge in [-0.3, -0.25) is 10.00 Å². The standard InChI is InChI=1S/C22H27N9OS.ClH/c23-12-16(15-2-10-33-14-15)11-19-24-3-1-18(27-19)20-17-13-26-22(28-21(17)30-29-20)25-4-5-31-6-8-32-9-7-31;/h1-3,10,13-14,16H,4-9,11-12,23H2,(H2,25,26,28,29,30);1H. The Kier molecular flexibility index (Phi) is 8.35. The van der Waals surface area contributed by atoms with Crippen molar-refractivity contribution in [3.63, 3.8) is 0 Å². The number of H-pyrrole nitrogens is 1. The third kappa shape index (κ3) is 5.68. The highest BCUT2D eigenvalue weighted by Gasteiger charge is 2.16. The van der Waals surface area contributed by atoms with Crippen molar-refractivity contribution in [2.45, 2.75) is 12.3 Å². The molecular formula is C22H28ClN9OS. The number of aromatic amines is 1. The van der Waals surface area contributed by atoms with Gasteiger partial charge in [-0.15, -0.1) is 12.4 Å². The highest BCUT2D eigenvalue weighted by molar-refractivity contribution is 7.08. The molecule has 0 bridgehead atoms. The summed E-state index contributed by atoms with van der Waals surface area (Å²) in [5.74, 6) is 1.51. The Balaban J connectivity index is 0.00000274. The lowest BCUT2D eigenvalue weighted by atomic mass is 9.98. The molecule has 10 nitrogen and oxygen atoms in total. The number of nitrogens with zero attached hydrogens (tertiary/aromatic N) is 6. The van der Waals surface area contributed by atoms with Gasteiger partial charge in [-0.1, -0.05) is 0 Å². The van der Waals surface area contributed by atoms with Crippen LogP contribution in [0.1, 0.15) is 17.3 Å². The molecule has 4 aromatic heterocycles. The van der Waals surface area contributed by atoms with Gasteiger partial charge >= 0.3 is 0 Å². The zero-order chi connectivity index (χ0) is 22.5. The van der Waals surface area contributed by atoms with E-state index in [1.807, 2.05) is 6.07 Å². The largest absolute Gasteiger partial charge is 0.379 e. The summed E-state index contributed by atoms with van der Waals surface area (Å²) in [4.78, 5) is 20.6. The quantitative estimate of drug-likeness (QED) is 0.316. The number of ether oxygens (including phenoxy) is 1. The van der Waals surface area contributed by atoms with Gasteiger partial charge in [0.1, 0.15) is 5.82 Å². The lowest BCUT2D eigenvalue weighted by Gasteiger charge is -2.26. The van der Waals surface area contributed by atoms with Gasteiger partial charge < -0.3 is 15.8 Å². The van der Waals surface area contributed by atoms with Crippen molar-refractivity contribution in [1.29, 1.82) is 0 Å². The lowest BCUT2D eigenvalue weighted by molar-refractivity contribution is 0.0398. The van der Waals surface area contributed by atoms with Gasteiger partial charge in [-0.05, 0) is 35.0 Å². The summed E-state index contributed by atoms with van der Waals surface area (Å²) >= 11 is 1.67. The zero-order valence-corrected chi connectivity index (χ0v) is 20.3. The normalized spacial score (nSPS) is 15.2. The van der Waals surface area contributed by atoms with Gasteiger partial charge in [-0.2, -0.15) is 21.4 Å². The number of fused-ring (bicyclic) bond motifs is 1. The highest BCUT2D eigenvalue weighted by atomic mass is 35.5. The van der Waals surface area contributed by atoms with Crippen LogP contribution in [0.2, 0.25) is 0 Å². The van der Waals surface area contributed by atoms with Gasteiger partial charge in [0.25, 0.3) is 0 Å². The lowest BCUT2D eigenvalue weighted by Crippen LogP contribution is -2.39. The van der Waals surface area contributed by atoms with E-state index >= 15 is 0 Å². The smallest absolute Gasteiger partial charge is 0.224 e. The van der Waals surface area contributed by atoms with E-state index in [1.54, 1.807) is 23.7 Å². The van der Waals surface area contributed by atoms with Crippen LogP contribution in [-0.2, 0) is 11.2 Å². The van der Waals surface area contributed by atoms with E-state index in [9.17, 15) is 0 Å². The molecule has 1 atom stereocenters. The van der Waals surface area contributed by atoms with Crippen molar-refractivity contribution in [2.75, 3.05) is 51.3 Å². The van der Waals surface area contributed by atoms with Crippen molar-refractivity contribution in [1.82, 2.24) is 35.0 Å². The minimum atomic E-state index is 0. The number of anilines is 1. The van der Waals surface area contributed by atoms with Crippen LogP contribution in [0.5, 0.6) is 0 Å². The second kappa shape index (κ2) is 11.6. The van der Waals surface area contributed by atoms with Crippen LogP contribution < -0.4 is 11.1 Å². The molecule has 5 heterocycles. The van der Waals surface area contributed by atoms with Crippen LogP contribution in [-0.4, -0.2) is 81.0 Å². The third-order valence-corrected chi connectivity index (χ3v) is 6.52. The average Bonchev–Trinajstić information content (AvgIpc) is 3.54. The maximum absolute atomic E-state index is 6.01. The summed E-state index contributed by atoms with van der Waals surface area (Å²) in [7, 11) is 0. The van der Waals surface area contributed by atoms with E-state index in [0.717, 1.165) is 62.0 Å². The van der Waals surface area contributed by atoms with Crippen LogP contribution >= 0.6 is 23.7 Å². The van der Waals surface area contributed by atoms with Gasteiger partial charge in [-0.25, -0.2) is 15.0 Å². The molecule has 1 fully saturated rings. The molecule has 0 radical (unpaired) electrons. The summed E-state index contributed by atoms with van der Waals surface area (Å²) in [6.45, 7) is 5.76. The molecule has 5 rings (SSSR count). The number of rotatable bonds is 9. The van der Waals surface area contributed by atoms with Gasteiger partial charge in [0.15, 0.2) is 5.65 Å². The number of halogens is 1. The minimum absolute atomic E-state index is 0. The molecule has 1 aliphatic rings. The average molecular weight is 502 g/mol. The number of nitrogens with two attached hydrogens (primary N) is 1. The van der Waals surface area contributed by atoms with Crippen LogP contribution in [0.25, 0.3) is 22.4 Å². The fraction of sp³-hybridized carbons (Fsp3) is 0.409. The zero-order valence-electron chi connectivity index (χ0n) is 18.7. The van der Waals surface area contributed by atoms with E-state index in [-0.39, 0.29) is 18.3 Å². The van der Waals surface area contributed by atoms with Crippen LogP contribution in [0.15, 0.2) is 35.3 Å². The molecule has 4 aromatic rings. The van der Waals surface area contributed by atoms with Gasteiger partial charge in [0.05, 0.1) is 30.0 Å². The molecule has 0 aromatic carbocycles. The summed E-state index contributed by atoms with van der Waals surface area (Å²) in [5, 5.41) is 15.8. The van der Waals surface area contributed by atoms with E-state index in [4.69, 9.17) is 15.5 Å². The Morgan fingerprint density at radius 3 is 2.88 bits per heavy atom. The topological polar surface area (TPSA) is 131 Å². The summed E-state index contributed by atoms with van der Waals surface area (Å²) < 4.78 is 5.39. The maximum atomic E-state index is 6.01. The number of nitrogens with one attached hydrogen (secondary N) is 2. The molecule has 0 spiro atoms. The SMILES string of the molecule is Cl.NCC(Cc1nccc(-c2[nH]nc3nc(NCCN4CCOCC4)ncc23)n1)c1ccsc1. The molecule has 1 unspecified atom stereocenters. The Labute approximate surface area is 207 Å². The summed E-state index contributed by atoms with van der Waals surface area (Å²) in [6, 6.07) is 3.98. The molecule has 4 N–H and O–H groups in total. The number of thiophene rings is 1. The van der Waals surface area contributed by atoms with Crippen molar-refractivity contribution in [3.8, 4) is 11.4 Å². The molecule has 0 saturated carbocycles. The summed E-state index contributed by atoms with van der Waals surface area (Å²) in [5.41, 5.74) is 9.39. The molecular weight excluding hydrogens is 474 g/mol. The first-order valence-electron chi connectivity index (χ1n) is 11.1. The van der Waals surface area contributed by atoms with Crippen LogP contribution in [0.3, 0.4) is 0 Å². The number of hydrogen-bond donors (Lipinski definition) is 3. The summed E-state index contributed by atoms with van der Waals surface area (Å²) in [6.07, 6.45) is 4.24. The van der Waals surface area contributed by atoms with Crippen LogP contribution in [0, 0.1) is 0 Å². The Morgan fingerprint density at radius 2 is 2.09 bits per heavy atom. The Morgan fingerprint density at radius 1 is 1.21 bits per heavy atom. The minimum Gasteiger partial charge on any atom is -0.379 e. The molecule has 1 aliphatic heterocycles. The van der Waals surface area contributed by atoms with E-state index in [0.29, 0.717) is 24.6 Å². The van der Waals surface area contributed by atoms with E-state index in [2.05, 4.69) is 52.2 Å². The Bertz CT molecular complexity index is 1180. The van der Waals surface area contributed by atoms with Gasteiger partial charge in [0, 0.05) is 50.9 Å². The molecule has 1 saturated heterocycles. The number of hydrogen-bond acceptors (Lipinski definition) is 10. The van der Waals surface area contributed by atoms with Crippen molar-refractivity contribution in [2.24, 2.45) is 5.73 Å². The fourth-order valence-corrected chi connectivity index (χ4v) is 4.68. The molecule has 0 aliphatic carbocycles. The maximum Gasteiger partial charge on any atom is 0.224 e. The first kappa shape index (κ1) is 24.4. The fourth-order valence-electron chi connectivity index (χ4n) is 3.94. The third-order valence-electron chi connectivity index (χ3n) is 5.82. The number of aromatic nitrogens is 6. The monoisotopic (exact) mass is 501 g/mol. The van der Waals surface area contributed by atoms with Crippen molar-refractivity contribution in [3.05, 3.63) is 46.7 Å². The molecule has 0 amide bonds. The first-order valence-corrected chi connectivity index (χ1v) is 12.0. The molecule has 34 heavy (non-hydrogen) atoms.